The maximum absolute atomic E-state index is 13.4. The van der Waals surface area contributed by atoms with Gasteiger partial charge in [0.1, 0.15) is 0 Å². The van der Waals surface area contributed by atoms with Gasteiger partial charge in [-0.05, 0) is 19.8 Å². The van der Waals surface area contributed by atoms with Crippen LogP contribution in [0.5, 0.6) is 5.88 Å². The van der Waals surface area contributed by atoms with E-state index in [-0.39, 0.29) is 28.7 Å². The molecule has 0 radical (unpaired) electrons. The Hall–Kier alpha value is -2.36. The zero-order chi connectivity index (χ0) is 18.9. The molecule has 0 aliphatic carbocycles. The maximum atomic E-state index is 13.4. The largest absolute Gasteiger partial charge is 0.467 e. The van der Waals surface area contributed by atoms with Gasteiger partial charge in [-0.1, -0.05) is 0 Å². The number of aromatic nitrogens is 3. The SMILES string of the molecule is Cc1nn(C)c2nc(OCC(=O)NCC3CCCO3)cc(C(F)(F)F)c12. The molecule has 2 aromatic rings. The van der Waals surface area contributed by atoms with Crippen molar-refractivity contribution in [3.63, 3.8) is 0 Å². The first kappa shape index (κ1) is 18.4. The summed E-state index contributed by atoms with van der Waals surface area (Å²) in [6, 6.07) is 0.796. The van der Waals surface area contributed by atoms with E-state index >= 15 is 0 Å². The molecule has 1 saturated heterocycles. The van der Waals surface area contributed by atoms with Crippen molar-refractivity contribution in [1.82, 2.24) is 20.1 Å². The van der Waals surface area contributed by atoms with E-state index in [4.69, 9.17) is 9.47 Å². The fourth-order valence-corrected chi connectivity index (χ4v) is 2.94. The Bertz CT molecular complexity index is 813. The van der Waals surface area contributed by atoms with Crippen LogP contribution in [0.4, 0.5) is 13.2 Å². The van der Waals surface area contributed by atoms with Crippen molar-refractivity contribution in [2.75, 3.05) is 19.8 Å². The van der Waals surface area contributed by atoms with Crippen LogP contribution < -0.4 is 10.1 Å². The minimum atomic E-state index is -4.59. The van der Waals surface area contributed by atoms with Crippen LogP contribution in [0.25, 0.3) is 11.0 Å². The number of alkyl halides is 3. The second kappa shape index (κ2) is 7.10. The van der Waals surface area contributed by atoms with Crippen LogP contribution in [-0.2, 0) is 22.8 Å². The number of nitrogens with zero attached hydrogens (tertiary/aromatic N) is 3. The minimum absolute atomic E-state index is 0.0253. The van der Waals surface area contributed by atoms with E-state index in [0.29, 0.717) is 13.2 Å². The molecular formula is C16H19F3N4O3. The summed E-state index contributed by atoms with van der Waals surface area (Å²) in [6.45, 7) is 2.08. The van der Waals surface area contributed by atoms with E-state index in [1.165, 1.54) is 18.7 Å². The summed E-state index contributed by atoms with van der Waals surface area (Å²) in [5.41, 5.74) is -0.613. The Morgan fingerprint density at radius 2 is 2.27 bits per heavy atom. The van der Waals surface area contributed by atoms with Crippen LogP contribution in [0.1, 0.15) is 24.1 Å². The second-order valence-electron chi connectivity index (χ2n) is 6.14. The summed E-state index contributed by atoms with van der Waals surface area (Å²) >= 11 is 0. The lowest BCUT2D eigenvalue weighted by atomic mass is 10.1. The first-order valence-corrected chi connectivity index (χ1v) is 8.18. The smallest absolute Gasteiger partial charge is 0.417 e. The first-order chi connectivity index (χ1) is 12.3. The summed E-state index contributed by atoms with van der Waals surface area (Å²) in [5, 5.41) is 6.54. The molecule has 1 atom stereocenters. The van der Waals surface area contributed by atoms with Crippen molar-refractivity contribution in [3.8, 4) is 5.88 Å². The van der Waals surface area contributed by atoms with E-state index < -0.39 is 24.3 Å². The first-order valence-electron chi connectivity index (χ1n) is 8.18. The lowest BCUT2D eigenvalue weighted by Gasteiger charge is -2.13. The molecule has 10 heteroatoms. The number of aryl methyl sites for hydroxylation is 2. The summed E-state index contributed by atoms with van der Waals surface area (Å²) in [7, 11) is 1.50. The van der Waals surface area contributed by atoms with Gasteiger partial charge in [0.15, 0.2) is 12.3 Å². The Morgan fingerprint density at radius 1 is 1.50 bits per heavy atom. The molecule has 2 aromatic heterocycles. The average molecular weight is 372 g/mol. The monoisotopic (exact) mass is 372 g/mol. The number of carbonyl (C=O) groups excluding carboxylic acids is 1. The molecule has 1 aliphatic heterocycles. The van der Waals surface area contributed by atoms with Gasteiger partial charge in [0.2, 0.25) is 5.88 Å². The van der Waals surface area contributed by atoms with Gasteiger partial charge in [-0.2, -0.15) is 23.3 Å². The van der Waals surface area contributed by atoms with Gasteiger partial charge in [-0.3, -0.25) is 9.48 Å². The number of ether oxygens (including phenoxy) is 2. The van der Waals surface area contributed by atoms with Gasteiger partial charge in [0.05, 0.1) is 22.7 Å². The third-order valence-electron chi connectivity index (χ3n) is 4.15. The summed E-state index contributed by atoms with van der Waals surface area (Å²) < 4.78 is 51.9. The highest BCUT2D eigenvalue weighted by molar-refractivity contribution is 5.83. The molecule has 1 aliphatic rings. The minimum Gasteiger partial charge on any atom is -0.467 e. The van der Waals surface area contributed by atoms with Crippen molar-refractivity contribution < 1.29 is 27.4 Å². The molecule has 26 heavy (non-hydrogen) atoms. The number of carbonyl (C=O) groups is 1. The van der Waals surface area contributed by atoms with Gasteiger partial charge < -0.3 is 14.8 Å². The highest BCUT2D eigenvalue weighted by Crippen LogP contribution is 2.37. The Kier molecular flexibility index (Phi) is 5.03. The van der Waals surface area contributed by atoms with Crippen LogP contribution >= 0.6 is 0 Å². The maximum Gasteiger partial charge on any atom is 0.417 e. The molecule has 0 aromatic carbocycles. The van der Waals surface area contributed by atoms with Gasteiger partial charge in [-0.25, -0.2) is 0 Å². The number of amides is 1. The van der Waals surface area contributed by atoms with Gasteiger partial charge >= 0.3 is 6.18 Å². The number of hydrogen-bond donors (Lipinski definition) is 1. The van der Waals surface area contributed by atoms with Gasteiger partial charge in [0.25, 0.3) is 5.91 Å². The molecule has 1 N–H and O–H groups in total. The molecule has 1 unspecified atom stereocenters. The number of rotatable bonds is 5. The molecule has 142 valence electrons. The fourth-order valence-electron chi connectivity index (χ4n) is 2.94. The Morgan fingerprint density at radius 3 is 2.92 bits per heavy atom. The molecular weight excluding hydrogens is 353 g/mol. The zero-order valence-corrected chi connectivity index (χ0v) is 14.4. The highest BCUT2D eigenvalue weighted by atomic mass is 19.4. The molecule has 3 heterocycles. The topological polar surface area (TPSA) is 78.3 Å². The quantitative estimate of drug-likeness (QED) is 0.868. The number of nitrogens with one attached hydrogen (secondary N) is 1. The highest BCUT2D eigenvalue weighted by Gasteiger charge is 2.35. The van der Waals surface area contributed by atoms with Crippen molar-refractivity contribution in [1.29, 1.82) is 0 Å². The zero-order valence-electron chi connectivity index (χ0n) is 14.4. The lowest BCUT2D eigenvalue weighted by Crippen LogP contribution is -2.35. The number of pyridine rings is 1. The molecule has 7 nitrogen and oxygen atoms in total. The summed E-state index contributed by atoms with van der Waals surface area (Å²) in [6.07, 6.45) is -2.79. The number of halogens is 3. The van der Waals surface area contributed by atoms with Crippen LogP contribution in [0.2, 0.25) is 0 Å². The van der Waals surface area contributed by atoms with E-state index in [0.717, 1.165) is 18.9 Å². The lowest BCUT2D eigenvalue weighted by molar-refractivity contribution is -0.136. The number of hydrogen-bond acceptors (Lipinski definition) is 5. The third kappa shape index (κ3) is 3.90. The van der Waals surface area contributed by atoms with Crippen LogP contribution in [0, 0.1) is 6.92 Å². The van der Waals surface area contributed by atoms with Gasteiger partial charge in [0, 0.05) is 26.3 Å². The summed E-state index contributed by atoms with van der Waals surface area (Å²) in [4.78, 5) is 15.9. The van der Waals surface area contributed by atoms with Crippen LogP contribution in [0.15, 0.2) is 6.07 Å². The van der Waals surface area contributed by atoms with Crippen molar-refractivity contribution in [3.05, 3.63) is 17.3 Å². The number of fused-ring (bicyclic) bond motifs is 1. The molecule has 0 saturated carbocycles. The Labute approximate surface area is 147 Å². The van der Waals surface area contributed by atoms with E-state index in [9.17, 15) is 18.0 Å². The fraction of sp³-hybridized carbons (Fsp3) is 0.562. The van der Waals surface area contributed by atoms with Crippen molar-refractivity contribution >= 4 is 16.9 Å². The molecule has 1 fully saturated rings. The molecule has 0 spiro atoms. The van der Waals surface area contributed by atoms with Crippen LogP contribution in [-0.4, -0.2) is 46.5 Å². The predicted molar refractivity (Wildman–Crippen MR) is 85.7 cm³/mol. The molecule has 1 amide bonds. The van der Waals surface area contributed by atoms with Crippen LogP contribution in [0.3, 0.4) is 0 Å². The van der Waals surface area contributed by atoms with Crippen molar-refractivity contribution in [2.45, 2.75) is 32.0 Å². The predicted octanol–water partition coefficient (Wildman–Crippen LogP) is 1.97. The molecule has 3 rings (SSSR count). The van der Waals surface area contributed by atoms with Crippen molar-refractivity contribution in [2.24, 2.45) is 7.05 Å². The van der Waals surface area contributed by atoms with E-state index in [1.54, 1.807) is 0 Å². The second-order valence-corrected chi connectivity index (χ2v) is 6.14. The summed E-state index contributed by atoms with van der Waals surface area (Å²) in [5.74, 6) is -0.725. The Balaban J connectivity index is 1.73. The van der Waals surface area contributed by atoms with E-state index in [1.807, 2.05) is 0 Å². The van der Waals surface area contributed by atoms with Gasteiger partial charge in [-0.15, -0.1) is 0 Å². The third-order valence-corrected chi connectivity index (χ3v) is 4.15. The average Bonchev–Trinajstić information content (AvgIpc) is 3.18. The van der Waals surface area contributed by atoms with E-state index in [2.05, 4.69) is 15.4 Å². The standard InChI is InChI=1S/C16H19F3N4O3/c1-9-14-11(16(17,18)19)6-13(21-15(14)23(2)22-9)26-8-12(24)20-7-10-4-3-5-25-10/h6,10H,3-5,7-8H2,1-2H3,(H,20,24). The molecule has 0 bridgehead atoms. The normalized spacial score (nSPS) is 17.7.